The maximum absolute atomic E-state index is 12.4. The minimum Gasteiger partial charge on any atom is -0.438 e. The second-order valence-electron chi connectivity index (χ2n) is 5.10. The van der Waals surface area contributed by atoms with Crippen molar-refractivity contribution in [1.82, 2.24) is 10.3 Å². The van der Waals surface area contributed by atoms with E-state index in [2.05, 4.69) is 10.3 Å². The van der Waals surface area contributed by atoms with E-state index in [1.807, 2.05) is 6.07 Å². The molecule has 9 heteroatoms. The van der Waals surface area contributed by atoms with Crippen molar-refractivity contribution in [3.63, 3.8) is 0 Å². The summed E-state index contributed by atoms with van der Waals surface area (Å²) in [6.45, 7) is 0.321. The van der Waals surface area contributed by atoms with Crippen molar-refractivity contribution >= 4 is 34.5 Å². The molecule has 0 fully saturated rings. The number of rotatable bonds is 6. The minimum absolute atomic E-state index is 0.0645. The van der Waals surface area contributed by atoms with E-state index in [-0.39, 0.29) is 28.8 Å². The molecule has 0 atom stereocenters. The number of amides is 1. The fraction of sp³-hybridized carbons (Fsp3) is 0.0588. The molecule has 1 amide bonds. The van der Waals surface area contributed by atoms with Crippen LogP contribution in [0.15, 0.2) is 54.7 Å². The molecule has 0 saturated carbocycles. The van der Waals surface area contributed by atoms with Crippen molar-refractivity contribution in [3.8, 4) is 11.6 Å². The van der Waals surface area contributed by atoms with Crippen LogP contribution in [0, 0.1) is 10.1 Å². The maximum Gasteiger partial charge on any atom is 0.273 e. The first-order valence-electron chi connectivity index (χ1n) is 7.42. The van der Waals surface area contributed by atoms with Gasteiger partial charge in [-0.2, -0.15) is 0 Å². The number of benzene rings is 1. The highest BCUT2D eigenvalue weighted by molar-refractivity contribution is 7.16. The van der Waals surface area contributed by atoms with Gasteiger partial charge < -0.3 is 10.1 Å². The number of hydrogen-bond acceptors (Lipinski definition) is 6. The number of carbonyl (C=O) groups is 1. The number of hydrogen-bond donors (Lipinski definition) is 1. The molecule has 0 aliphatic rings. The third-order valence-corrected chi connectivity index (χ3v) is 4.54. The van der Waals surface area contributed by atoms with E-state index in [1.54, 1.807) is 24.3 Å². The van der Waals surface area contributed by atoms with Crippen molar-refractivity contribution in [2.75, 3.05) is 0 Å². The molecule has 3 rings (SSSR count). The molecule has 132 valence electrons. The molecule has 0 unspecified atom stereocenters. The van der Waals surface area contributed by atoms with Gasteiger partial charge in [0.1, 0.15) is 11.3 Å². The third kappa shape index (κ3) is 4.35. The number of nitro groups is 1. The van der Waals surface area contributed by atoms with Crippen molar-refractivity contribution in [3.05, 3.63) is 79.6 Å². The molecule has 1 N–H and O–H groups in total. The molecule has 0 bridgehead atoms. The number of thiophene rings is 1. The largest absolute Gasteiger partial charge is 0.438 e. The second-order valence-corrected chi connectivity index (χ2v) is 6.90. The van der Waals surface area contributed by atoms with Crippen molar-refractivity contribution in [2.45, 2.75) is 6.54 Å². The Kier molecular flexibility index (Phi) is 5.45. The molecule has 7 nitrogen and oxygen atoms in total. The SMILES string of the molecule is O=C(NCc1ccc(Cl)s1)c1cccnc1Oc1cccc([N+](=O)[O-])c1. The number of ether oxygens (including phenoxy) is 1. The van der Waals surface area contributed by atoms with Crippen LogP contribution in [0.4, 0.5) is 5.69 Å². The normalized spacial score (nSPS) is 10.3. The zero-order chi connectivity index (χ0) is 18.5. The van der Waals surface area contributed by atoms with Gasteiger partial charge >= 0.3 is 0 Å². The summed E-state index contributed by atoms with van der Waals surface area (Å²) in [5, 5.41) is 13.6. The van der Waals surface area contributed by atoms with Gasteiger partial charge in [0.2, 0.25) is 5.88 Å². The van der Waals surface area contributed by atoms with Gasteiger partial charge in [-0.05, 0) is 30.3 Å². The van der Waals surface area contributed by atoms with Crippen LogP contribution < -0.4 is 10.1 Å². The van der Waals surface area contributed by atoms with E-state index in [0.717, 1.165) is 4.88 Å². The van der Waals surface area contributed by atoms with E-state index >= 15 is 0 Å². The lowest BCUT2D eigenvalue weighted by molar-refractivity contribution is -0.384. The molecule has 2 aromatic heterocycles. The van der Waals surface area contributed by atoms with Crippen molar-refractivity contribution < 1.29 is 14.5 Å². The van der Waals surface area contributed by atoms with Gasteiger partial charge in [-0.15, -0.1) is 11.3 Å². The number of pyridine rings is 1. The molecular formula is C17H12ClN3O4S. The lowest BCUT2D eigenvalue weighted by Gasteiger charge is -2.10. The topological polar surface area (TPSA) is 94.4 Å². The van der Waals surface area contributed by atoms with Crippen LogP contribution in [0.1, 0.15) is 15.2 Å². The molecule has 0 aliphatic heterocycles. The number of nitrogens with one attached hydrogen (secondary N) is 1. The van der Waals surface area contributed by atoms with E-state index in [0.29, 0.717) is 10.9 Å². The van der Waals surface area contributed by atoms with Crippen LogP contribution in [0.3, 0.4) is 0 Å². The molecule has 1 aromatic carbocycles. The number of nitrogens with zero attached hydrogens (tertiary/aromatic N) is 2. The molecule has 0 radical (unpaired) electrons. The highest BCUT2D eigenvalue weighted by Gasteiger charge is 2.15. The number of carbonyl (C=O) groups excluding carboxylic acids is 1. The number of non-ortho nitro benzene ring substituents is 1. The number of nitro benzene ring substituents is 1. The summed E-state index contributed by atoms with van der Waals surface area (Å²) in [5.41, 5.74) is 0.112. The second kappa shape index (κ2) is 7.94. The average Bonchev–Trinajstić information content (AvgIpc) is 3.06. The van der Waals surface area contributed by atoms with Gasteiger partial charge in [-0.1, -0.05) is 17.7 Å². The van der Waals surface area contributed by atoms with Crippen LogP contribution in [-0.4, -0.2) is 15.8 Å². The predicted molar refractivity (Wildman–Crippen MR) is 97.9 cm³/mol. The summed E-state index contributed by atoms with van der Waals surface area (Å²) in [6, 6.07) is 12.4. The van der Waals surface area contributed by atoms with Gasteiger partial charge in [-0.3, -0.25) is 14.9 Å². The van der Waals surface area contributed by atoms with Gasteiger partial charge in [0, 0.05) is 17.1 Å². The van der Waals surface area contributed by atoms with Crippen LogP contribution in [-0.2, 0) is 6.54 Å². The molecule has 26 heavy (non-hydrogen) atoms. The lowest BCUT2D eigenvalue weighted by Crippen LogP contribution is -2.23. The summed E-state index contributed by atoms with van der Waals surface area (Å²) < 4.78 is 6.23. The van der Waals surface area contributed by atoms with E-state index < -0.39 is 4.92 Å². The summed E-state index contributed by atoms with van der Waals surface area (Å²) in [6.07, 6.45) is 1.47. The molecule has 3 aromatic rings. The Bertz CT molecular complexity index is 960. The molecule has 0 saturated heterocycles. The standard InChI is InChI=1S/C17H12ClN3O4S/c18-15-7-6-13(26-15)10-20-16(22)14-5-2-8-19-17(14)25-12-4-1-3-11(9-12)21(23)24/h1-9H,10H2,(H,20,22). The maximum atomic E-state index is 12.4. The van der Waals surface area contributed by atoms with Gasteiger partial charge in [0.25, 0.3) is 11.6 Å². The van der Waals surface area contributed by atoms with Crippen molar-refractivity contribution in [1.29, 1.82) is 0 Å². The molecule has 0 aliphatic carbocycles. The predicted octanol–water partition coefficient (Wildman–Crippen LogP) is 4.43. The first kappa shape index (κ1) is 17.8. The minimum atomic E-state index is -0.523. The Morgan fingerprint density at radius 2 is 2.12 bits per heavy atom. The zero-order valence-corrected chi connectivity index (χ0v) is 14.8. The first-order chi connectivity index (χ1) is 12.5. The molecular weight excluding hydrogens is 378 g/mol. The molecule has 0 spiro atoms. The Balaban J connectivity index is 1.76. The van der Waals surface area contributed by atoms with Crippen LogP contribution in [0.2, 0.25) is 4.34 Å². The van der Waals surface area contributed by atoms with Crippen LogP contribution in [0.5, 0.6) is 11.6 Å². The molecule has 2 heterocycles. The number of aromatic nitrogens is 1. The summed E-state index contributed by atoms with van der Waals surface area (Å²) in [4.78, 5) is 27.8. The Labute approximate surface area is 157 Å². The fourth-order valence-corrected chi connectivity index (χ4v) is 3.15. The highest BCUT2D eigenvalue weighted by atomic mass is 35.5. The Morgan fingerprint density at radius 1 is 1.27 bits per heavy atom. The monoisotopic (exact) mass is 389 g/mol. The summed E-state index contributed by atoms with van der Waals surface area (Å²) >= 11 is 7.25. The average molecular weight is 390 g/mol. The first-order valence-corrected chi connectivity index (χ1v) is 8.62. The van der Waals surface area contributed by atoms with Crippen LogP contribution >= 0.6 is 22.9 Å². The van der Waals surface area contributed by atoms with Gasteiger partial charge in [-0.25, -0.2) is 4.98 Å². The Hall–Kier alpha value is -2.97. The lowest BCUT2D eigenvalue weighted by atomic mass is 10.2. The van der Waals surface area contributed by atoms with E-state index in [1.165, 1.54) is 35.7 Å². The van der Waals surface area contributed by atoms with Gasteiger partial charge in [0.15, 0.2) is 0 Å². The summed E-state index contributed by atoms with van der Waals surface area (Å²) in [5.74, 6) is -0.0882. The highest BCUT2D eigenvalue weighted by Crippen LogP contribution is 2.26. The van der Waals surface area contributed by atoms with E-state index in [4.69, 9.17) is 16.3 Å². The van der Waals surface area contributed by atoms with Crippen LogP contribution in [0.25, 0.3) is 0 Å². The van der Waals surface area contributed by atoms with Crippen molar-refractivity contribution in [2.24, 2.45) is 0 Å². The smallest absolute Gasteiger partial charge is 0.273 e. The zero-order valence-electron chi connectivity index (χ0n) is 13.2. The quantitative estimate of drug-likeness (QED) is 0.497. The van der Waals surface area contributed by atoms with E-state index in [9.17, 15) is 14.9 Å². The Morgan fingerprint density at radius 3 is 2.85 bits per heavy atom. The van der Waals surface area contributed by atoms with Gasteiger partial charge in [0.05, 0.1) is 21.9 Å². The summed E-state index contributed by atoms with van der Waals surface area (Å²) in [7, 11) is 0. The number of halogens is 1. The third-order valence-electron chi connectivity index (χ3n) is 3.31. The fourth-order valence-electron chi connectivity index (χ4n) is 2.13.